The summed E-state index contributed by atoms with van der Waals surface area (Å²) in [6.07, 6.45) is 2.68. The lowest BCUT2D eigenvalue weighted by molar-refractivity contribution is 0.304. The van der Waals surface area contributed by atoms with Crippen LogP contribution in [0.2, 0.25) is 0 Å². The lowest BCUT2D eigenvalue weighted by Crippen LogP contribution is -2.08. The highest BCUT2D eigenvalue weighted by atomic mass is 79.9. The Morgan fingerprint density at radius 1 is 1.18 bits per heavy atom. The minimum Gasteiger partial charge on any atom is -0.491 e. The molecule has 0 aliphatic carbocycles. The van der Waals surface area contributed by atoms with Crippen LogP contribution in [-0.4, -0.2) is 11.6 Å². The summed E-state index contributed by atoms with van der Waals surface area (Å²) in [5.41, 5.74) is 5.42. The summed E-state index contributed by atoms with van der Waals surface area (Å²) < 4.78 is 8.55. The van der Waals surface area contributed by atoms with Gasteiger partial charge in [-0.3, -0.25) is 0 Å². The maximum atomic E-state index is 5.71. The normalized spacial score (nSPS) is 10.3. The van der Waals surface area contributed by atoms with Crippen LogP contribution in [0.3, 0.4) is 0 Å². The fourth-order valence-electron chi connectivity index (χ4n) is 1.24. The van der Waals surface area contributed by atoms with Crippen molar-refractivity contribution in [3.8, 4) is 5.75 Å². The number of hydrogen-bond acceptors (Lipinski definition) is 2. The van der Waals surface area contributed by atoms with Crippen LogP contribution in [0.15, 0.2) is 25.6 Å². The Bertz CT molecular complexity index is 389. The second-order valence-corrected chi connectivity index (χ2v) is 6.62. The van der Waals surface area contributed by atoms with Gasteiger partial charge < -0.3 is 10.5 Å². The van der Waals surface area contributed by atoms with Crippen molar-refractivity contribution in [2.45, 2.75) is 19.3 Å². The molecule has 0 saturated carbocycles. The largest absolute Gasteiger partial charge is 0.491 e. The molecule has 0 heterocycles. The Morgan fingerprint density at radius 3 is 2.29 bits per heavy atom. The Labute approximate surface area is 132 Å². The molecular weight excluding hydrogens is 434 g/mol. The molecule has 0 saturated heterocycles. The van der Waals surface area contributed by atoms with E-state index in [4.69, 9.17) is 22.7 Å². The van der Waals surface area contributed by atoms with E-state index in [9.17, 15) is 0 Å². The van der Waals surface area contributed by atoms with Crippen molar-refractivity contribution in [2.75, 3.05) is 6.61 Å². The van der Waals surface area contributed by atoms with E-state index in [0.717, 1.165) is 38.4 Å². The number of ether oxygens (including phenoxy) is 1. The summed E-state index contributed by atoms with van der Waals surface area (Å²) in [6.45, 7) is 0.654. The summed E-state index contributed by atoms with van der Waals surface area (Å²) in [5, 5.41) is 0. The molecule has 0 aromatic heterocycles. The molecule has 0 aliphatic heterocycles. The molecule has 1 aromatic rings. The van der Waals surface area contributed by atoms with Crippen LogP contribution in [0.5, 0.6) is 5.75 Å². The van der Waals surface area contributed by atoms with Gasteiger partial charge in [-0.05, 0) is 63.3 Å². The maximum absolute atomic E-state index is 5.71. The van der Waals surface area contributed by atoms with E-state index < -0.39 is 0 Å². The Kier molecular flexibility index (Phi) is 6.99. The van der Waals surface area contributed by atoms with Gasteiger partial charge >= 0.3 is 0 Å². The summed E-state index contributed by atoms with van der Waals surface area (Å²) in [5.74, 6) is 0.823. The van der Waals surface area contributed by atoms with Crippen molar-refractivity contribution in [1.82, 2.24) is 0 Å². The SMILES string of the molecule is NC(=S)CCCCOc1c(Br)cc(Br)cc1Br. The van der Waals surface area contributed by atoms with Crippen LogP contribution in [0, 0.1) is 0 Å². The van der Waals surface area contributed by atoms with Crippen LogP contribution in [0.4, 0.5) is 0 Å². The standard InChI is InChI=1S/C11H12Br3NOS/c12-7-5-8(13)11(9(14)6-7)16-4-2-1-3-10(15)17/h5-6H,1-4H2,(H2,15,17). The van der Waals surface area contributed by atoms with Crippen LogP contribution in [-0.2, 0) is 0 Å². The third kappa shape index (κ3) is 5.68. The maximum Gasteiger partial charge on any atom is 0.147 e. The molecule has 1 aromatic carbocycles. The highest BCUT2D eigenvalue weighted by Crippen LogP contribution is 2.36. The van der Waals surface area contributed by atoms with Crippen molar-refractivity contribution in [1.29, 1.82) is 0 Å². The van der Waals surface area contributed by atoms with Gasteiger partial charge in [-0.25, -0.2) is 0 Å². The number of hydrogen-bond donors (Lipinski definition) is 1. The van der Waals surface area contributed by atoms with E-state index in [1.807, 2.05) is 12.1 Å². The van der Waals surface area contributed by atoms with Gasteiger partial charge in [0.2, 0.25) is 0 Å². The first kappa shape index (κ1) is 15.4. The first-order chi connectivity index (χ1) is 8.00. The number of nitrogens with two attached hydrogens (primary N) is 1. The Hall–Kier alpha value is 0.350. The molecule has 0 aliphatic rings. The molecule has 0 fully saturated rings. The van der Waals surface area contributed by atoms with Gasteiger partial charge in [0.05, 0.1) is 20.5 Å². The van der Waals surface area contributed by atoms with Gasteiger partial charge in [-0.15, -0.1) is 0 Å². The first-order valence-electron chi connectivity index (χ1n) is 5.06. The van der Waals surface area contributed by atoms with Crippen molar-refractivity contribution in [2.24, 2.45) is 5.73 Å². The third-order valence-corrected chi connectivity index (χ3v) is 3.87. The molecule has 1 rings (SSSR count). The topological polar surface area (TPSA) is 35.2 Å². The minimum absolute atomic E-state index is 0.566. The molecule has 0 atom stereocenters. The van der Waals surface area contributed by atoms with Crippen LogP contribution in [0.1, 0.15) is 19.3 Å². The molecule has 0 spiro atoms. The molecule has 94 valence electrons. The van der Waals surface area contributed by atoms with Gasteiger partial charge in [0.1, 0.15) is 5.75 Å². The Balaban J connectivity index is 2.44. The molecule has 0 bridgehead atoms. The molecule has 17 heavy (non-hydrogen) atoms. The van der Waals surface area contributed by atoms with E-state index in [0.29, 0.717) is 11.6 Å². The predicted molar refractivity (Wildman–Crippen MR) is 85.7 cm³/mol. The van der Waals surface area contributed by atoms with Crippen molar-refractivity contribution in [3.63, 3.8) is 0 Å². The molecule has 2 N–H and O–H groups in total. The minimum atomic E-state index is 0.566. The lowest BCUT2D eigenvalue weighted by Gasteiger charge is -2.10. The van der Waals surface area contributed by atoms with E-state index in [1.165, 1.54) is 0 Å². The number of unbranched alkanes of at least 4 members (excludes halogenated alkanes) is 1. The molecule has 2 nitrogen and oxygen atoms in total. The molecular formula is C11H12Br3NOS. The summed E-state index contributed by atoms with van der Waals surface area (Å²) in [4.78, 5) is 0.566. The zero-order chi connectivity index (χ0) is 12.8. The predicted octanol–water partition coefficient (Wildman–Crippen LogP) is 4.81. The number of halogens is 3. The Morgan fingerprint density at radius 2 is 1.76 bits per heavy atom. The van der Waals surface area contributed by atoms with Crippen molar-refractivity contribution < 1.29 is 4.74 Å². The summed E-state index contributed by atoms with van der Waals surface area (Å²) in [7, 11) is 0. The monoisotopic (exact) mass is 443 g/mol. The fourth-order valence-corrected chi connectivity index (χ4v) is 3.87. The van der Waals surface area contributed by atoms with Crippen molar-refractivity contribution >= 4 is 65.0 Å². The number of thiocarbonyl (C=S) groups is 1. The highest BCUT2D eigenvalue weighted by Gasteiger charge is 2.07. The first-order valence-corrected chi connectivity index (χ1v) is 7.85. The summed E-state index contributed by atoms with van der Waals surface area (Å²) in [6, 6.07) is 3.91. The molecule has 6 heteroatoms. The molecule has 0 amide bonds. The zero-order valence-electron chi connectivity index (χ0n) is 9.01. The number of benzene rings is 1. The van der Waals surface area contributed by atoms with Gasteiger partial charge in [0.15, 0.2) is 0 Å². The van der Waals surface area contributed by atoms with E-state index in [2.05, 4.69) is 47.8 Å². The molecule has 0 unspecified atom stereocenters. The number of rotatable bonds is 6. The highest BCUT2D eigenvalue weighted by molar-refractivity contribution is 9.11. The zero-order valence-corrected chi connectivity index (χ0v) is 14.6. The van der Waals surface area contributed by atoms with Gasteiger partial charge in [0, 0.05) is 4.47 Å². The van der Waals surface area contributed by atoms with Gasteiger partial charge in [0.25, 0.3) is 0 Å². The van der Waals surface area contributed by atoms with Crippen LogP contribution >= 0.6 is 60.0 Å². The summed E-state index contributed by atoms with van der Waals surface area (Å²) >= 11 is 15.2. The van der Waals surface area contributed by atoms with Crippen LogP contribution < -0.4 is 10.5 Å². The van der Waals surface area contributed by atoms with Gasteiger partial charge in [-0.2, -0.15) is 0 Å². The molecule has 0 radical (unpaired) electrons. The fraction of sp³-hybridized carbons (Fsp3) is 0.364. The average Bonchev–Trinajstić information content (AvgIpc) is 2.20. The van der Waals surface area contributed by atoms with Crippen LogP contribution in [0.25, 0.3) is 0 Å². The third-order valence-electron chi connectivity index (χ3n) is 2.03. The quantitative estimate of drug-likeness (QED) is 0.504. The van der Waals surface area contributed by atoms with E-state index in [1.54, 1.807) is 0 Å². The van der Waals surface area contributed by atoms with E-state index >= 15 is 0 Å². The lowest BCUT2D eigenvalue weighted by atomic mass is 10.2. The average molecular weight is 446 g/mol. The second kappa shape index (κ2) is 7.71. The van der Waals surface area contributed by atoms with E-state index in [-0.39, 0.29) is 0 Å². The smallest absolute Gasteiger partial charge is 0.147 e. The second-order valence-electron chi connectivity index (χ2n) is 3.47. The van der Waals surface area contributed by atoms with Gasteiger partial charge in [-0.1, -0.05) is 28.1 Å². The van der Waals surface area contributed by atoms with Crippen molar-refractivity contribution in [3.05, 3.63) is 25.6 Å².